The Labute approximate surface area is 131 Å². The van der Waals surface area contributed by atoms with Crippen LogP contribution in [0, 0.1) is 0 Å². The van der Waals surface area contributed by atoms with Gasteiger partial charge in [-0.1, -0.05) is 24.3 Å². The highest BCUT2D eigenvalue weighted by Crippen LogP contribution is 2.19. The van der Waals surface area contributed by atoms with Crippen LogP contribution >= 0.6 is 0 Å². The Morgan fingerprint density at radius 1 is 1.27 bits per heavy atom. The van der Waals surface area contributed by atoms with E-state index in [0.29, 0.717) is 19.7 Å². The largest absolute Gasteiger partial charge is 0.377 e. The van der Waals surface area contributed by atoms with Crippen LogP contribution in [-0.2, 0) is 32.3 Å². The van der Waals surface area contributed by atoms with E-state index in [9.17, 15) is 13.2 Å². The molecule has 0 unspecified atom stereocenters. The van der Waals surface area contributed by atoms with Gasteiger partial charge in [0.05, 0.1) is 11.9 Å². The second-order valence-corrected chi connectivity index (χ2v) is 8.13. The van der Waals surface area contributed by atoms with Crippen molar-refractivity contribution >= 4 is 15.7 Å². The van der Waals surface area contributed by atoms with Crippen LogP contribution in [0.3, 0.4) is 0 Å². The van der Waals surface area contributed by atoms with Crippen LogP contribution < -0.4 is 0 Å². The zero-order valence-corrected chi connectivity index (χ0v) is 13.3. The Morgan fingerprint density at radius 3 is 2.77 bits per heavy atom. The minimum atomic E-state index is -3.41. The number of benzene rings is 1. The smallest absolute Gasteiger partial charge is 0.238 e. The minimum Gasteiger partial charge on any atom is -0.377 e. The summed E-state index contributed by atoms with van der Waals surface area (Å²) in [4.78, 5) is 14.0. The number of carbonyl (C=O) groups is 1. The molecule has 1 aromatic carbocycles. The summed E-state index contributed by atoms with van der Waals surface area (Å²) in [6.45, 7) is 1.72. The van der Waals surface area contributed by atoms with Gasteiger partial charge in [-0.2, -0.15) is 0 Å². The normalized spacial score (nSPS) is 21.6. The van der Waals surface area contributed by atoms with Gasteiger partial charge < -0.3 is 9.64 Å². The number of amides is 1. The summed E-state index contributed by atoms with van der Waals surface area (Å²) in [5.41, 5.74) is 2.35. The molecule has 0 saturated carbocycles. The second kappa shape index (κ2) is 6.38. The lowest BCUT2D eigenvalue weighted by atomic mass is 10.00. The summed E-state index contributed by atoms with van der Waals surface area (Å²) in [5, 5.41) is 0. The standard InChI is InChI=1S/C16H21NO4S/c18-16(12-22(19,20)11-15-6-3-9-21-15)17-8-7-13-4-1-2-5-14(13)10-17/h1-2,4-5,15H,3,6-12H2/t15-/m0/s1. The van der Waals surface area contributed by atoms with Crippen LogP contribution in [0.25, 0.3) is 0 Å². The first-order valence-corrected chi connectivity index (χ1v) is 9.52. The van der Waals surface area contributed by atoms with Crippen molar-refractivity contribution in [2.45, 2.75) is 31.9 Å². The Hall–Kier alpha value is -1.40. The van der Waals surface area contributed by atoms with Crippen molar-refractivity contribution in [2.24, 2.45) is 0 Å². The quantitative estimate of drug-likeness (QED) is 0.834. The molecule has 1 saturated heterocycles. The van der Waals surface area contributed by atoms with Crippen molar-refractivity contribution in [1.82, 2.24) is 4.90 Å². The Bertz CT molecular complexity index is 650. The molecule has 0 aliphatic carbocycles. The molecule has 22 heavy (non-hydrogen) atoms. The lowest BCUT2D eigenvalue weighted by Gasteiger charge is -2.29. The van der Waals surface area contributed by atoms with Gasteiger partial charge >= 0.3 is 0 Å². The molecular weight excluding hydrogens is 302 g/mol. The Kier molecular flexibility index (Phi) is 4.49. The van der Waals surface area contributed by atoms with Crippen LogP contribution in [0.15, 0.2) is 24.3 Å². The number of ether oxygens (including phenoxy) is 1. The number of carbonyl (C=O) groups excluding carboxylic acids is 1. The number of fused-ring (bicyclic) bond motifs is 1. The second-order valence-electron chi connectivity index (χ2n) is 6.02. The lowest BCUT2D eigenvalue weighted by molar-refractivity contribution is -0.129. The third-order valence-corrected chi connectivity index (χ3v) is 5.86. The summed E-state index contributed by atoms with van der Waals surface area (Å²) in [7, 11) is -3.41. The predicted octanol–water partition coefficient (Wildman–Crippen LogP) is 1.17. The zero-order valence-electron chi connectivity index (χ0n) is 12.5. The fourth-order valence-corrected chi connectivity index (χ4v) is 4.61. The molecule has 120 valence electrons. The third-order valence-electron chi connectivity index (χ3n) is 4.29. The molecule has 0 bridgehead atoms. The molecule has 3 rings (SSSR count). The van der Waals surface area contributed by atoms with Crippen LogP contribution in [-0.4, -0.2) is 50.0 Å². The molecule has 0 N–H and O–H groups in total. The van der Waals surface area contributed by atoms with Crippen molar-refractivity contribution in [3.8, 4) is 0 Å². The van der Waals surface area contributed by atoms with Crippen molar-refractivity contribution in [3.63, 3.8) is 0 Å². The number of hydrogen-bond acceptors (Lipinski definition) is 4. The van der Waals surface area contributed by atoms with E-state index in [1.807, 2.05) is 18.2 Å². The molecule has 2 aliphatic rings. The number of sulfone groups is 1. The number of rotatable bonds is 4. The van der Waals surface area contributed by atoms with E-state index in [-0.39, 0.29) is 17.8 Å². The predicted molar refractivity (Wildman–Crippen MR) is 83.2 cm³/mol. The Balaban J connectivity index is 1.60. The third kappa shape index (κ3) is 3.67. The minimum absolute atomic E-state index is 0.0385. The van der Waals surface area contributed by atoms with Gasteiger partial charge in [0.15, 0.2) is 9.84 Å². The van der Waals surface area contributed by atoms with E-state index in [0.717, 1.165) is 24.8 Å². The topological polar surface area (TPSA) is 63.7 Å². The summed E-state index contributed by atoms with van der Waals surface area (Å²) in [6.07, 6.45) is 2.22. The first-order valence-electron chi connectivity index (χ1n) is 7.70. The molecule has 5 nitrogen and oxygen atoms in total. The average molecular weight is 323 g/mol. The molecule has 0 radical (unpaired) electrons. The SMILES string of the molecule is O=C(CS(=O)(=O)C[C@@H]1CCCO1)N1CCc2ccccc2C1. The fraction of sp³-hybridized carbons (Fsp3) is 0.562. The number of nitrogens with zero attached hydrogens (tertiary/aromatic N) is 1. The molecule has 2 aliphatic heterocycles. The van der Waals surface area contributed by atoms with Crippen molar-refractivity contribution < 1.29 is 17.9 Å². The van der Waals surface area contributed by atoms with E-state index in [4.69, 9.17) is 4.74 Å². The van der Waals surface area contributed by atoms with Crippen molar-refractivity contribution in [2.75, 3.05) is 24.7 Å². The molecule has 6 heteroatoms. The van der Waals surface area contributed by atoms with Gasteiger partial charge in [0, 0.05) is 19.7 Å². The highest BCUT2D eigenvalue weighted by molar-refractivity contribution is 7.92. The van der Waals surface area contributed by atoms with Crippen molar-refractivity contribution in [3.05, 3.63) is 35.4 Å². The van der Waals surface area contributed by atoms with E-state index in [1.54, 1.807) is 4.90 Å². The van der Waals surface area contributed by atoms with E-state index >= 15 is 0 Å². The highest BCUT2D eigenvalue weighted by atomic mass is 32.2. The lowest BCUT2D eigenvalue weighted by Crippen LogP contribution is -2.40. The van der Waals surface area contributed by atoms with Gasteiger partial charge in [-0.15, -0.1) is 0 Å². The average Bonchev–Trinajstić information content (AvgIpc) is 2.98. The molecule has 1 fully saturated rings. The maximum atomic E-state index is 12.3. The van der Waals surface area contributed by atoms with Crippen LogP contribution in [0.4, 0.5) is 0 Å². The van der Waals surface area contributed by atoms with Gasteiger partial charge in [-0.05, 0) is 30.4 Å². The fourth-order valence-electron chi connectivity index (χ4n) is 3.11. The first-order chi connectivity index (χ1) is 10.5. The van der Waals surface area contributed by atoms with Gasteiger partial charge in [0.2, 0.25) is 5.91 Å². The molecule has 1 amide bonds. The van der Waals surface area contributed by atoms with Crippen LogP contribution in [0.2, 0.25) is 0 Å². The van der Waals surface area contributed by atoms with Gasteiger partial charge in [0.25, 0.3) is 0 Å². The zero-order chi connectivity index (χ0) is 15.6. The highest BCUT2D eigenvalue weighted by Gasteiger charge is 2.28. The van der Waals surface area contributed by atoms with Gasteiger partial charge in [-0.3, -0.25) is 4.79 Å². The first kappa shape index (κ1) is 15.5. The van der Waals surface area contributed by atoms with E-state index in [1.165, 1.54) is 5.56 Å². The maximum absolute atomic E-state index is 12.3. The summed E-state index contributed by atoms with van der Waals surface area (Å²) >= 11 is 0. The molecule has 0 aromatic heterocycles. The molecule has 1 aromatic rings. The molecule has 1 atom stereocenters. The van der Waals surface area contributed by atoms with Gasteiger partial charge in [0.1, 0.15) is 5.75 Å². The monoisotopic (exact) mass is 323 g/mol. The van der Waals surface area contributed by atoms with Crippen molar-refractivity contribution in [1.29, 1.82) is 0 Å². The van der Waals surface area contributed by atoms with Gasteiger partial charge in [-0.25, -0.2) is 8.42 Å². The van der Waals surface area contributed by atoms with E-state index < -0.39 is 15.6 Å². The van der Waals surface area contributed by atoms with Crippen LogP contribution in [0.1, 0.15) is 24.0 Å². The van der Waals surface area contributed by atoms with E-state index in [2.05, 4.69) is 6.07 Å². The number of hydrogen-bond donors (Lipinski definition) is 0. The molecule has 0 spiro atoms. The summed E-state index contributed by atoms with van der Waals surface area (Å²) in [6, 6.07) is 7.99. The molecular formula is C16H21NO4S. The van der Waals surface area contributed by atoms with Crippen LogP contribution in [0.5, 0.6) is 0 Å². The summed E-state index contributed by atoms with van der Waals surface area (Å²) in [5.74, 6) is -0.745. The maximum Gasteiger partial charge on any atom is 0.238 e. The summed E-state index contributed by atoms with van der Waals surface area (Å²) < 4.78 is 29.7. The molecule has 2 heterocycles. The Morgan fingerprint density at radius 2 is 2.05 bits per heavy atom.